The molecule has 0 saturated carbocycles. The average Bonchev–Trinajstić information content (AvgIpc) is 2.28. The molecule has 0 aromatic heterocycles. The molecule has 1 amide bonds. The molecule has 0 saturated heterocycles. The molecule has 0 spiro atoms. The van der Waals surface area contributed by atoms with Crippen LogP contribution in [-0.2, 0) is 4.79 Å². The second-order valence-corrected chi connectivity index (χ2v) is 4.35. The molecule has 1 aromatic carbocycles. The van der Waals surface area contributed by atoms with E-state index in [0.717, 1.165) is 11.1 Å². The van der Waals surface area contributed by atoms with Gasteiger partial charge < -0.3 is 15.5 Å². The van der Waals surface area contributed by atoms with E-state index in [1.165, 1.54) is 6.92 Å². The summed E-state index contributed by atoms with van der Waals surface area (Å²) < 4.78 is 0. The van der Waals surface area contributed by atoms with Crippen LogP contribution >= 0.6 is 0 Å². The van der Waals surface area contributed by atoms with Crippen LogP contribution in [0.15, 0.2) is 18.2 Å². The van der Waals surface area contributed by atoms with Crippen molar-refractivity contribution in [3.8, 4) is 0 Å². The normalized spacial score (nSPS) is 13.8. The van der Waals surface area contributed by atoms with Crippen LogP contribution in [0.2, 0.25) is 0 Å². The van der Waals surface area contributed by atoms with E-state index in [1.807, 2.05) is 13.0 Å². The van der Waals surface area contributed by atoms with E-state index in [1.54, 1.807) is 19.1 Å². The lowest BCUT2D eigenvalue weighted by molar-refractivity contribution is -0.141. The van der Waals surface area contributed by atoms with Crippen LogP contribution < -0.4 is 5.32 Å². The predicted octanol–water partition coefficient (Wildman–Crippen LogP) is 0.867. The maximum atomic E-state index is 12.0. The third-order valence-electron chi connectivity index (χ3n) is 2.67. The highest BCUT2D eigenvalue weighted by Crippen LogP contribution is 2.11. The van der Waals surface area contributed by atoms with Crippen LogP contribution in [0.5, 0.6) is 0 Å². The minimum absolute atomic E-state index is 0.418. The molecule has 0 bridgehead atoms. The SMILES string of the molecule is Cc1ccc(C)c(C(=O)N[C@H](C(=O)O)[C@@H](C)O)c1. The number of carbonyl (C=O) groups is 2. The average molecular weight is 251 g/mol. The molecule has 0 radical (unpaired) electrons. The smallest absolute Gasteiger partial charge is 0.328 e. The van der Waals surface area contributed by atoms with E-state index < -0.39 is 24.0 Å². The summed E-state index contributed by atoms with van der Waals surface area (Å²) in [6.45, 7) is 4.94. The zero-order valence-corrected chi connectivity index (χ0v) is 10.6. The fourth-order valence-electron chi connectivity index (χ4n) is 1.59. The number of carbonyl (C=O) groups excluding carboxylic acids is 1. The van der Waals surface area contributed by atoms with Crippen molar-refractivity contribution in [1.82, 2.24) is 5.32 Å². The van der Waals surface area contributed by atoms with Crippen molar-refractivity contribution in [2.75, 3.05) is 0 Å². The fourth-order valence-corrected chi connectivity index (χ4v) is 1.59. The second kappa shape index (κ2) is 5.64. The molecule has 0 unspecified atom stereocenters. The van der Waals surface area contributed by atoms with Gasteiger partial charge in [0, 0.05) is 5.56 Å². The molecule has 0 fully saturated rings. The minimum atomic E-state index is -1.31. The van der Waals surface area contributed by atoms with Gasteiger partial charge in [-0.2, -0.15) is 0 Å². The number of aliphatic carboxylic acids is 1. The van der Waals surface area contributed by atoms with Crippen molar-refractivity contribution in [3.63, 3.8) is 0 Å². The van der Waals surface area contributed by atoms with Crippen LogP contribution in [0.3, 0.4) is 0 Å². The van der Waals surface area contributed by atoms with Crippen LogP contribution in [0.1, 0.15) is 28.4 Å². The number of benzene rings is 1. The van der Waals surface area contributed by atoms with Gasteiger partial charge in [0.2, 0.25) is 0 Å². The number of aliphatic hydroxyl groups excluding tert-OH is 1. The van der Waals surface area contributed by atoms with E-state index in [9.17, 15) is 14.7 Å². The minimum Gasteiger partial charge on any atom is -0.480 e. The first-order valence-electron chi connectivity index (χ1n) is 5.62. The summed E-state index contributed by atoms with van der Waals surface area (Å²) in [6, 6.07) is 4.04. The fraction of sp³-hybridized carbons (Fsp3) is 0.385. The molecular weight excluding hydrogens is 234 g/mol. The van der Waals surface area contributed by atoms with Crippen molar-refractivity contribution in [2.45, 2.75) is 32.9 Å². The van der Waals surface area contributed by atoms with Gasteiger partial charge >= 0.3 is 5.97 Å². The highest BCUT2D eigenvalue weighted by molar-refractivity contribution is 5.98. The topological polar surface area (TPSA) is 86.6 Å². The first-order valence-corrected chi connectivity index (χ1v) is 5.62. The van der Waals surface area contributed by atoms with Gasteiger partial charge in [-0.3, -0.25) is 4.79 Å². The molecule has 5 nitrogen and oxygen atoms in total. The Bertz CT molecular complexity index is 468. The highest BCUT2D eigenvalue weighted by Gasteiger charge is 2.25. The van der Waals surface area contributed by atoms with Gasteiger partial charge in [-0.25, -0.2) is 4.79 Å². The van der Waals surface area contributed by atoms with Gasteiger partial charge in [0.05, 0.1) is 6.10 Å². The number of aliphatic hydroxyl groups is 1. The molecule has 0 aliphatic rings. The van der Waals surface area contributed by atoms with Crippen molar-refractivity contribution in [1.29, 1.82) is 0 Å². The molecule has 3 N–H and O–H groups in total. The van der Waals surface area contributed by atoms with Crippen molar-refractivity contribution in [3.05, 3.63) is 34.9 Å². The molecule has 98 valence electrons. The van der Waals surface area contributed by atoms with Crippen molar-refractivity contribution < 1.29 is 19.8 Å². The van der Waals surface area contributed by atoms with E-state index in [0.29, 0.717) is 5.56 Å². The van der Waals surface area contributed by atoms with Gasteiger partial charge in [-0.15, -0.1) is 0 Å². The summed E-state index contributed by atoms with van der Waals surface area (Å²) in [6.07, 6.45) is -1.16. The zero-order valence-electron chi connectivity index (χ0n) is 10.6. The predicted molar refractivity (Wildman–Crippen MR) is 66.5 cm³/mol. The Kier molecular flexibility index (Phi) is 4.44. The lowest BCUT2D eigenvalue weighted by atomic mass is 10.0. The maximum Gasteiger partial charge on any atom is 0.328 e. The van der Waals surface area contributed by atoms with Crippen molar-refractivity contribution in [2.24, 2.45) is 0 Å². The van der Waals surface area contributed by atoms with Crippen LogP contribution in [0, 0.1) is 13.8 Å². The Morgan fingerprint density at radius 1 is 1.28 bits per heavy atom. The van der Waals surface area contributed by atoms with E-state index in [4.69, 9.17) is 5.11 Å². The van der Waals surface area contributed by atoms with E-state index in [-0.39, 0.29) is 0 Å². The number of hydrogen-bond donors (Lipinski definition) is 3. The number of rotatable bonds is 4. The molecule has 18 heavy (non-hydrogen) atoms. The molecule has 0 aliphatic heterocycles. The summed E-state index contributed by atoms with van der Waals surface area (Å²) in [4.78, 5) is 22.8. The van der Waals surface area contributed by atoms with Crippen LogP contribution in [-0.4, -0.2) is 34.2 Å². The molecular formula is C13H17NO4. The summed E-state index contributed by atoms with van der Waals surface area (Å²) >= 11 is 0. The number of carboxylic acid groups (broad SMARTS) is 1. The standard InChI is InChI=1S/C13H17NO4/c1-7-4-5-8(2)10(6-7)12(16)14-11(9(3)15)13(17)18/h4-6,9,11,15H,1-3H3,(H,14,16)(H,17,18)/t9-,11+/m1/s1. The van der Waals surface area contributed by atoms with Crippen LogP contribution in [0.25, 0.3) is 0 Å². The number of amides is 1. The van der Waals surface area contributed by atoms with Gasteiger partial charge in [0.15, 0.2) is 6.04 Å². The summed E-state index contributed by atoms with van der Waals surface area (Å²) in [7, 11) is 0. The van der Waals surface area contributed by atoms with Crippen molar-refractivity contribution >= 4 is 11.9 Å². The molecule has 0 aliphatic carbocycles. The number of hydrogen-bond acceptors (Lipinski definition) is 3. The van der Waals surface area contributed by atoms with Gasteiger partial charge in [0.25, 0.3) is 5.91 Å². The third kappa shape index (κ3) is 3.30. The molecule has 0 heterocycles. The first-order chi connectivity index (χ1) is 8.32. The summed E-state index contributed by atoms with van der Waals surface area (Å²) in [5.41, 5.74) is 2.09. The molecule has 2 atom stereocenters. The Balaban J connectivity index is 2.94. The number of carboxylic acids is 1. The monoisotopic (exact) mass is 251 g/mol. The van der Waals surface area contributed by atoms with Crippen LogP contribution in [0.4, 0.5) is 0 Å². The van der Waals surface area contributed by atoms with E-state index >= 15 is 0 Å². The second-order valence-electron chi connectivity index (χ2n) is 4.35. The van der Waals surface area contributed by atoms with Gasteiger partial charge in [0.1, 0.15) is 0 Å². The first kappa shape index (κ1) is 14.2. The van der Waals surface area contributed by atoms with E-state index in [2.05, 4.69) is 5.32 Å². The molecule has 1 rings (SSSR count). The Hall–Kier alpha value is -1.88. The Labute approximate surface area is 105 Å². The summed E-state index contributed by atoms with van der Waals surface area (Å²) in [5.74, 6) is -1.76. The lowest BCUT2D eigenvalue weighted by Crippen LogP contribution is -2.47. The lowest BCUT2D eigenvalue weighted by Gasteiger charge is -2.17. The Morgan fingerprint density at radius 2 is 1.89 bits per heavy atom. The quantitative estimate of drug-likeness (QED) is 0.741. The van der Waals surface area contributed by atoms with Gasteiger partial charge in [-0.1, -0.05) is 17.7 Å². The highest BCUT2D eigenvalue weighted by atomic mass is 16.4. The Morgan fingerprint density at radius 3 is 2.39 bits per heavy atom. The zero-order chi connectivity index (χ0) is 13.9. The molecule has 1 aromatic rings. The van der Waals surface area contributed by atoms with Gasteiger partial charge in [-0.05, 0) is 32.4 Å². The number of aryl methyl sites for hydroxylation is 2. The summed E-state index contributed by atoms with van der Waals surface area (Å²) in [5, 5.41) is 20.5. The molecule has 5 heteroatoms. The third-order valence-corrected chi connectivity index (χ3v) is 2.67. The largest absolute Gasteiger partial charge is 0.480 e. The maximum absolute atomic E-state index is 12.0. The number of nitrogens with one attached hydrogen (secondary N) is 1.